The van der Waals surface area contributed by atoms with Gasteiger partial charge in [-0.1, -0.05) is 0 Å². The summed E-state index contributed by atoms with van der Waals surface area (Å²) in [6, 6.07) is 2.68. The minimum absolute atomic E-state index is 0.340. The van der Waals surface area contributed by atoms with Gasteiger partial charge in [-0.15, -0.1) is 10.2 Å². The van der Waals surface area contributed by atoms with Crippen LogP contribution in [0.5, 0.6) is 0 Å². The Morgan fingerprint density at radius 1 is 1.61 bits per heavy atom. The average molecular weight is 248 g/mol. The van der Waals surface area contributed by atoms with Crippen molar-refractivity contribution in [2.75, 3.05) is 13.6 Å². The standard InChI is InChI=1S/C12H20N6/c1-10(6-12(2,8-13)14-3)17-4-5-18-9-15-16-11(18)7-17/h9-10,14H,4-7H2,1-3H3. The Labute approximate surface area is 108 Å². The van der Waals surface area contributed by atoms with Crippen LogP contribution in [-0.2, 0) is 13.1 Å². The summed E-state index contributed by atoms with van der Waals surface area (Å²) in [5.74, 6) is 1.01. The first kappa shape index (κ1) is 13.0. The normalized spacial score (nSPS) is 20.8. The van der Waals surface area contributed by atoms with E-state index in [2.05, 4.69) is 38.0 Å². The molecular weight excluding hydrogens is 228 g/mol. The number of fused-ring (bicyclic) bond motifs is 1. The monoisotopic (exact) mass is 248 g/mol. The summed E-state index contributed by atoms with van der Waals surface area (Å²) in [6.07, 6.45) is 2.58. The van der Waals surface area contributed by atoms with E-state index in [0.29, 0.717) is 6.04 Å². The van der Waals surface area contributed by atoms with Crippen LogP contribution in [0.4, 0.5) is 0 Å². The van der Waals surface area contributed by atoms with Crippen molar-refractivity contribution in [3.05, 3.63) is 12.2 Å². The van der Waals surface area contributed by atoms with Crippen molar-refractivity contribution in [1.29, 1.82) is 5.26 Å². The molecule has 0 aliphatic carbocycles. The first-order valence-electron chi connectivity index (χ1n) is 6.29. The molecule has 0 saturated heterocycles. The fourth-order valence-corrected chi connectivity index (χ4v) is 2.38. The third-order valence-corrected chi connectivity index (χ3v) is 3.79. The van der Waals surface area contributed by atoms with Gasteiger partial charge < -0.3 is 9.88 Å². The number of nitriles is 1. The Bertz CT molecular complexity index is 448. The average Bonchev–Trinajstić information content (AvgIpc) is 2.85. The largest absolute Gasteiger partial charge is 0.315 e. The Kier molecular flexibility index (Phi) is 3.64. The maximum atomic E-state index is 9.20. The Balaban J connectivity index is 2.00. The molecule has 1 aromatic heterocycles. The molecule has 1 aliphatic rings. The Hall–Kier alpha value is -1.45. The van der Waals surface area contributed by atoms with Crippen LogP contribution in [0.3, 0.4) is 0 Å². The predicted molar refractivity (Wildman–Crippen MR) is 67.6 cm³/mol. The molecule has 2 atom stereocenters. The molecule has 0 aromatic carbocycles. The van der Waals surface area contributed by atoms with E-state index < -0.39 is 5.54 Å². The van der Waals surface area contributed by atoms with Gasteiger partial charge in [0.25, 0.3) is 0 Å². The van der Waals surface area contributed by atoms with Gasteiger partial charge in [-0.2, -0.15) is 5.26 Å². The molecule has 2 rings (SSSR count). The van der Waals surface area contributed by atoms with Gasteiger partial charge in [0.05, 0.1) is 12.6 Å². The van der Waals surface area contributed by atoms with Gasteiger partial charge in [-0.3, -0.25) is 4.90 Å². The van der Waals surface area contributed by atoms with Crippen LogP contribution in [0.2, 0.25) is 0 Å². The highest BCUT2D eigenvalue weighted by Gasteiger charge is 2.29. The van der Waals surface area contributed by atoms with E-state index in [1.54, 1.807) is 6.33 Å². The summed E-state index contributed by atoms with van der Waals surface area (Å²) in [5, 5.41) is 20.3. The van der Waals surface area contributed by atoms with Gasteiger partial charge in [0.2, 0.25) is 0 Å². The van der Waals surface area contributed by atoms with Gasteiger partial charge in [0, 0.05) is 19.1 Å². The van der Waals surface area contributed by atoms with Crippen molar-refractivity contribution >= 4 is 0 Å². The second-order valence-corrected chi connectivity index (χ2v) is 5.16. The summed E-state index contributed by atoms with van der Waals surface area (Å²) in [4.78, 5) is 2.36. The molecule has 0 amide bonds. The maximum Gasteiger partial charge on any atom is 0.147 e. The second kappa shape index (κ2) is 5.04. The lowest BCUT2D eigenvalue weighted by Gasteiger charge is -2.35. The Morgan fingerprint density at radius 3 is 3.06 bits per heavy atom. The van der Waals surface area contributed by atoms with E-state index in [9.17, 15) is 5.26 Å². The molecule has 6 heteroatoms. The lowest BCUT2D eigenvalue weighted by atomic mass is 9.94. The molecule has 18 heavy (non-hydrogen) atoms. The molecular formula is C12H20N6. The molecule has 0 spiro atoms. The van der Waals surface area contributed by atoms with Crippen LogP contribution in [0.25, 0.3) is 0 Å². The SMILES string of the molecule is CNC(C)(C#N)CC(C)N1CCn2cnnc2C1. The highest BCUT2D eigenvalue weighted by Crippen LogP contribution is 2.19. The Morgan fingerprint density at radius 2 is 2.39 bits per heavy atom. The molecule has 1 aromatic rings. The zero-order valence-electron chi connectivity index (χ0n) is 11.2. The minimum Gasteiger partial charge on any atom is -0.315 e. The number of aromatic nitrogens is 3. The van der Waals surface area contributed by atoms with Gasteiger partial charge >= 0.3 is 0 Å². The van der Waals surface area contributed by atoms with E-state index in [1.807, 2.05) is 14.0 Å². The predicted octanol–water partition coefficient (Wildman–Crippen LogP) is 0.374. The van der Waals surface area contributed by atoms with Gasteiger partial charge in [0.15, 0.2) is 0 Å². The molecule has 2 unspecified atom stereocenters. The molecule has 0 saturated carbocycles. The van der Waals surface area contributed by atoms with Gasteiger partial charge in [-0.25, -0.2) is 0 Å². The summed E-state index contributed by atoms with van der Waals surface area (Å²) >= 11 is 0. The van der Waals surface area contributed by atoms with Crippen LogP contribution in [-0.4, -0.2) is 44.8 Å². The highest BCUT2D eigenvalue weighted by molar-refractivity contribution is 5.05. The third-order valence-electron chi connectivity index (χ3n) is 3.79. The highest BCUT2D eigenvalue weighted by atomic mass is 15.3. The molecule has 1 N–H and O–H groups in total. The minimum atomic E-state index is -0.468. The van der Waals surface area contributed by atoms with E-state index in [1.165, 1.54) is 0 Å². The van der Waals surface area contributed by atoms with Crippen molar-refractivity contribution in [2.24, 2.45) is 0 Å². The van der Waals surface area contributed by atoms with E-state index in [0.717, 1.165) is 31.9 Å². The lowest BCUT2D eigenvalue weighted by Crippen LogP contribution is -2.47. The zero-order chi connectivity index (χ0) is 13.2. The first-order valence-corrected chi connectivity index (χ1v) is 6.29. The molecule has 2 heterocycles. The molecule has 0 bridgehead atoms. The van der Waals surface area contributed by atoms with Crippen molar-refractivity contribution < 1.29 is 0 Å². The number of rotatable bonds is 4. The summed E-state index contributed by atoms with van der Waals surface area (Å²) < 4.78 is 2.09. The van der Waals surface area contributed by atoms with Crippen molar-refractivity contribution in [3.63, 3.8) is 0 Å². The summed E-state index contributed by atoms with van der Waals surface area (Å²) in [6.45, 7) is 6.83. The summed E-state index contributed by atoms with van der Waals surface area (Å²) in [5.41, 5.74) is -0.468. The van der Waals surface area contributed by atoms with Gasteiger partial charge in [0.1, 0.15) is 17.7 Å². The van der Waals surface area contributed by atoms with Gasteiger partial charge in [-0.05, 0) is 27.3 Å². The second-order valence-electron chi connectivity index (χ2n) is 5.16. The van der Waals surface area contributed by atoms with Crippen molar-refractivity contribution in [3.8, 4) is 6.07 Å². The van der Waals surface area contributed by atoms with Crippen molar-refractivity contribution in [1.82, 2.24) is 25.0 Å². The van der Waals surface area contributed by atoms with Crippen LogP contribution >= 0.6 is 0 Å². The lowest BCUT2D eigenvalue weighted by molar-refractivity contribution is 0.140. The molecule has 98 valence electrons. The molecule has 0 fully saturated rings. The fraction of sp³-hybridized carbons (Fsp3) is 0.750. The van der Waals surface area contributed by atoms with E-state index in [4.69, 9.17) is 0 Å². The molecule has 0 radical (unpaired) electrons. The van der Waals surface area contributed by atoms with Crippen molar-refractivity contribution in [2.45, 2.75) is 44.9 Å². The number of nitrogens with zero attached hydrogens (tertiary/aromatic N) is 5. The summed E-state index contributed by atoms with van der Waals surface area (Å²) in [7, 11) is 1.84. The van der Waals surface area contributed by atoms with E-state index >= 15 is 0 Å². The number of hydrogen-bond acceptors (Lipinski definition) is 5. The third kappa shape index (κ3) is 2.52. The molecule has 1 aliphatic heterocycles. The number of hydrogen-bond donors (Lipinski definition) is 1. The van der Waals surface area contributed by atoms with E-state index in [-0.39, 0.29) is 0 Å². The number of nitrogens with one attached hydrogen (secondary N) is 1. The quantitative estimate of drug-likeness (QED) is 0.834. The first-order chi connectivity index (χ1) is 8.58. The zero-order valence-corrected chi connectivity index (χ0v) is 11.2. The smallest absolute Gasteiger partial charge is 0.147 e. The van der Waals surface area contributed by atoms with Crippen LogP contribution in [0, 0.1) is 11.3 Å². The van der Waals surface area contributed by atoms with Crippen LogP contribution in [0.15, 0.2) is 6.33 Å². The fourth-order valence-electron chi connectivity index (χ4n) is 2.38. The maximum absolute atomic E-state index is 9.20. The molecule has 6 nitrogen and oxygen atoms in total. The van der Waals surface area contributed by atoms with Crippen LogP contribution < -0.4 is 5.32 Å². The van der Waals surface area contributed by atoms with Crippen LogP contribution in [0.1, 0.15) is 26.1 Å². The topological polar surface area (TPSA) is 69.8 Å².